The summed E-state index contributed by atoms with van der Waals surface area (Å²) in [4.78, 5) is 44.9. The van der Waals surface area contributed by atoms with Crippen LogP contribution < -0.4 is 21.5 Å². The van der Waals surface area contributed by atoms with E-state index in [1.165, 1.54) is 34.1 Å². The second kappa shape index (κ2) is 9.69. The number of aromatic nitrogens is 3. The number of carbonyl (C=O) groups is 1. The number of thiazole rings is 1. The van der Waals surface area contributed by atoms with Gasteiger partial charge in [-0.1, -0.05) is 29.5 Å². The third kappa shape index (κ3) is 4.74. The lowest BCUT2D eigenvalue weighted by Crippen LogP contribution is -2.42. The first-order valence-electron chi connectivity index (χ1n) is 9.90. The first-order valence-corrected chi connectivity index (χ1v) is 10.7. The zero-order valence-electron chi connectivity index (χ0n) is 17.4. The Kier molecular flexibility index (Phi) is 7.01. The number of amides is 1. The standard InChI is InChI=1S/C21H24FN5O3S/c1-4-11-26-19(29)17-18(24-20(31-17)25(5-2)6-3)27(21(26)30)13-16(28)23-12-14-7-9-15(22)10-8-14/h4,7-10H,1,5-6,11-13H2,2-3H3,(H,23,28). The maximum absolute atomic E-state index is 13.0. The van der Waals surface area contributed by atoms with Crippen LogP contribution in [-0.4, -0.2) is 33.1 Å². The second-order valence-electron chi connectivity index (χ2n) is 6.80. The number of nitrogens with one attached hydrogen (secondary N) is 1. The zero-order chi connectivity index (χ0) is 22.5. The quantitative estimate of drug-likeness (QED) is 0.510. The lowest BCUT2D eigenvalue weighted by atomic mass is 10.2. The van der Waals surface area contributed by atoms with E-state index in [9.17, 15) is 18.8 Å². The van der Waals surface area contributed by atoms with Crippen molar-refractivity contribution < 1.29 is 9.18 Å². The lowest BCUT2D eigenvalue weighted by molar-refractivity contribution is -0.121. The first kappa shape index (κ1) is 22.4. The summed E-state index contributed by atoms with van der Waals surface area (Å²) in [7, 11) is 0. The van der Waals surface area contributed by atoms with Gasteiger partial charge in [-0.15, -0.1) is 6.58 Å². The monoisotopic (exact) mass is 445 g/mol. The molecule has 0 aliphatic heterocycles. The average molecular weight is 446 g/mol. The van der Waals surface area contributed by atoms with Gasteiger partial charge in [-0.2, -0.15) is 0 Å². The van der Waals surface area contributed by atoms with Gasteiger partial charge in [0.05, 0.1) is 0 Å². The summed E-state index contributed by atoms with van der Waals surface area (Å²) in [6.45, 7) is 8.86. The molecule has 0 fully saturated rings. The Labute approximate surface area is 182 Å². The molecule has 1 aromatic carbocycles. The summed E-state index contributed by atoms with van der Waals surface area (Å²) < 4.78 is 15.6. The van der Waals surface area contributed by atoms with Gasteiger partial charge >= 0.3 is 5.69 Å². The van der Waals surface area contributed by atoms with Crippen molar-refractivity contribution in [2.75, 3.05) is 18.0 Å². The van der Waals surface area contributed by atoms with Crippen molar-refractivity contribution in [3.8, 4) is 0 Å². The zero-order valence-corrected chi connectivity index (χ0v) is 18.2. The van der Waals surface area contributed by atoms with Crippen LogP contribution in [0.2, 0.25) is 0 Å². The fraction of sp³-hybridized carbons (Fsp3) is 0.333. The first-order chi connectivity index (χ1) is 14.9. The Morgan fingerprint density at radius 1 is 1.23 bits per heavy atom. The molecule has 10 heteroatoms. The van der Waals surface area contributed by atoms with Gasteiger partial charge in [-0.3, -0.25) is 18.7 Å². The molecule has 0 saturated heterocycles. The van der Waals surface area contributed by atoms with Crippen molar-refractivity contribution >= 4 is 32.7 Å². The predicted octanol–water partition coefficient (Wildman–Crippen LogP) is 2.11. The van der Waals surface area contributed by atoms with E-state index < -0.39 is 17.2 Å². The molecular formula is C21H24FN5O3S. The largest absolute Gasteiger partial charge is 0.350 e. The highest BCUT2D eigenvalue weighted by molar-refractivity contribution is 7.22. The maximum atomic E-state index is 13.0. The topological polar surface area (TPSA) is 89.2 Å². The number of hydrogen-bond acceptors (Lipinski definition) is 6. The van der Waals surface area contributed by atoms with Gasteiger partial charge in [0.1, 0.15) is 17.1 Å². The van der Waals surface area contributed by atoms with E-state index in [1.54, 1.807) is 12.1 Å². The molecule has 164 valence electrons. The molecule has 0 radical (unpaired) electrons. The van der Waals surface area contributed by atoms with Crippen LogP contribution in [0, 0.1) is 5.82 Å². The molecule has 1 amide bonds. The minimum Gasteiger partial charge on any atom is -0.350 e. The highest BCUT2D eigenvalue weighted by Crippen LogP contribution is 2.25. The van der Waals surface area contributed by atoms with Crippen molar-refractivity contribution in [2.45, 2.75) is 33.5 Å². The van der Waals surface area contributed by atoms with Gasteiger partial charge in [0, 0.05) is 26.2 Å². The van der Waals surface area contributed by atoms with Crippen LogP contribution in [0.3, 0.4) is 0 Å². The molecule has 0 bridgehead atoms. The molecule has 2 heterocycles. The van der Waals surface area contributed by atoms with E-state index in [-0.39, 0.29) is 31.1 Å². The summed E-state index contributed by atoms with van der Waals surface area (Å²) in [5.41, 5.74) is -0.148. The predicted molar refractivity (Wildman–Crippen MR) is 120 cm³/mol. The van der Waals surface area contributed by atoms with E-state index in [2.05, 4.69) is 16.9 Å². The Morgan fingerprint density at radius 3 is 2.52 bits per heavy atom. The van der Waals surface area contributed by atoms with Gasteiger partial charge < -0.3 is 10.2 Å². The number of anilines is 1. The van der Waals surface area contributed by atoms with E-state index in [0.717, 1.165) is 10.1 Å². The van der Waals surface area contributed by atoms with Crippen LogP contribution in [0.15, 0.2) is 46.5 Å². The molecule has 2 aromatic heterocycles. The van der Waals surface area contributed by atoms with Crippen molar-refractivity contribution in [3.05, 3.63) is 69.1 Å². The van der Waals surface area contributed by atoms with Crippen LogP contribution in [-0.2, 0) is 24.4 Å². The maximum Gasteiger partial charge on any atom is 0.333 e. The van der Waals surface area contributed by atoms with Crippen molar-refractivity contribution in [1.82, 2.24) is 19.4 Å². The summed E-state index contributed by atoms with van der Waals surface area (Å²) in [5, 5.41) is 3.33. The molecule has 3 rings (SSSR count). The normalized spacial score (nSPS) is 10.9. The van der Waals surface area contributed by atoms with Crippen LogP contribution in [0.4, 0.5) is 9.52 Å². The summed E-state index contributed by atoms with van der Waals surface area (Å²) in [6.07, 6.45) is 1.46. The molecule has 0 spiro atoms. The molecule has 0 unspecified atom stereocenters. The number of benzene rings is 1. The number of halogens is 1. The van der Waals surface area contributed by atoms with Crippen molar-refractivity contribution in [3.63, 3.8) is 0 Å². The number of carbonyl (C=O) groups excluding carboxylic acids is 1. The van der Waals surface area contributed by atoms with E-state index >= 15 is 0 Å². The molecule has 0 aliphatic carbocycles. The number of hydrogen-bond donors (Lipinski definition) is 1. The average Bonchev–Trinajstić information content (AvgIpc) is 3.20. The SMILES string of the molecule is C=CCn1c(=O)c2sc(N(CC)CC)nc2n(CC(=O)NCc2ccc(F)cc2)c1=O. The van der Waals surface area contributed by atoms with Crippen LogP contribution in [0.1, 0.15) is 19.4 Å². The third-order valence-corrected chi connectivity index (χ3v) is 5.90. The van der Waals surface area contributed by atoms with E-state index in [1.807, 2.05) is 18.7 Å². The Morgan fingerprint density at radius 2 is 1.90 bits per heavy atom. The summed E-state index contributed by atoms with van der Waals surface area (Å²) in [6, 6.07) is 5.76. The highest BCUT2D eigenvalue weighted by atomic mass is 32.1. The van der Waals surface area contributed by atoms with Gasteiger partial charge in [0.25, 0.3) is 5.56 Å². The van der Waals surface area contributed by atoms with E-state index in [4.69, 9.17) is 0 Å². The van der Waals surface area contributed by atoms with Gasteiger partial charge in [0.15, 0.2) is 10.8 Å². The lowest BCUT2D eigenvalue weighted by Gasteiger charge is -2.16. The second-order valence-corrected chi connectivity index (χ2v) is 7.78. The number of fused-ring (bicyclic) bond motifs is 1. The number of nitrogens with zero attached hydrogens (tertiary/aromatic N) is 4. The minimum atomic E-state index is -0.620. The number of rotatable bonds is 9. The molecular weight excluding hydrogens is 421 g/mol. The highest BCUT2D eigenvalue weighted by Gasteiger charge is 2.20. The van der Waals surface area contributed by atoms with Gasteiger partial charge in [0.2, 0.25) is 5.91 Å². The molecule has 3 aromatic rings. The van der Waals surface area contributed by atoms with Crippen molar-refractivity contribution in [1.29, 1.82) is 0 Å². The van der Waals surface area contributed by atoms with Gasteiger partial charge in [-0.05, 0) is 31.5 Å². The molecule has 0 atom stereocenters. The molecule has 0 aliphatic rings. The smallest absolute Gasteiger partial charge is 0.333 e. The number of allylic oxidation sites excluding steroid dienone is 1. The Balaban J connectivity index is 1.97. The van der Waals surface area contributed by atoms with Crippen molar-refractivity contribution in [2.24, 2.45) is 0 Å². The molecule has 0 saturated carbocycles. The summed E-state index contributed by atoms with van der Waals surface area (Å²) in [5.74, 6) is -0.782. The van der Waals surface area contributed by atoms with Crippen LogP contribution in [0.5, 0.6) is 0 Å². The van der Waals surface area contributed by atoms with Gasteiger partial charge in [-0.25, -0.2) is 14.2 Å². The Bertz CT molecular complexity index is 1210. The fourth-order valence-electron chi connectivity index (χ4n) is 3.13. The molecule has 31 heavy (non-hydrogen) atoms. The van der Waals surface area contributed by atoms with Crippen LogP contribution in [0.25, 0.3) is 10.3 Å². The minimum absolute atomic E-state index is 0.0311. The van der Waals surface area contributed by atoms with E-state index in [0.29, 0.717) is 22.9 Å². The third-order valence-electron chi connectivity index (χ3n) is 4.81. The summed E-state index contributed by atoms with van der Waals surface area (Å²) >= 11 is 1.20. The molecule has 8 nitrogen and oxygen atoms in total. The van der Waals surface area contributed by atoms with Crippen LogP contribution >= 0.6 is 11.3 Å². The molecule has 1 N–H and O–H groups in total. The Hall–Kier alpha value is -3.27. The fourth-order valence-corrected chi connectivity index (χ4v) is 4.28.